The molecule has 2 aromatic rings. The Labute approximate surface area is 144 Å². The Kier molecular flexibility index (Phi) is 5.65. The Morgan fingerprint density at radius 1 is 1.17 bits per heavy atom. The molecular weight excluding hydrogens is 334 g/mol. The van der Waals surface area contributed by atoms with E-state index in [2.05, 4.69) is 5.32 Å². The molecule has 0 bridgehead atoms. The summed E-state index contributed by atoms with van der Waals surface area (Å²) >= 11 is 5.90. The van der Waals surface area contributed by atoms with Crippen molar-refractivity contribution in [3.05, 3.63) is 53.1 Å². The number of ether oxygens (including phenoxy) is 2. The number of halogens is 1. The Hall–Kier alpha value is -2.73. The van der Waals surface area contributed by atoms with Crippen LogP contribution in [0.25, 0.3) is 0 Å². The summed E-state index contributed by atoms with van der Waals surface area (Å²) in [4.78, 5) is 24.2. The van der Waals surface area contributed by atoms with Crippen LogP contribution in [0.2, 0.25) is 5.02 Å². The average molecular weight is 350 g/mol. The van der Waals surface area contributed by atoms with Crippen molar-refractivity contribution in [2.24, 2.45) is 0 Å². The summed E-state index contributed by atoms with van der Waals surface area (Å²) in [6.45, 7) is 1.45. The molecule has 2 rings (SSSR count). The zero-order valence-electron chi connectivity index (χ0n) is 13.1. The summed E-state index contributed by atoms with van der Waals surface area (Å²) < 4.78 is 10.2. The number of carbonyl (C=O) groups is 2. The van der Waals surface area contributed by atoms with Crippen LogP contribution in [-0.2, 0) is 9.53 Å². The first kappa shape index (κ1) is 17.6. The van der Waals surface area contributed by atoms with Gasteiger partial charge in [-0.25, -0.2) is 4.79 Å². The van der Waals surface area contributed by atoms with E-state index in [1.807, 2.05) is 0 Å². The zero-order chi connectivity index (χ0) is 17.7. The zero-order valence-corrected chi connectivity index (χ0v) is 13.8. The second-order valence-corrected chi connectivity index (χ2v) is 5.36. The van der Waals surface area contributed by atoms with Gasteiger partial charge in [0.15, 0.2) is 6.10 Å². The number of rotatable bonds is 5. The first-order valence-corrected chi connectivity index (χ1v) is 7.43. The van der Waals surface area contributed by atoms with E-state index < -0.39 is 18.0 Å². The number of esters is 1. The van der Waals surface area contributed by atoms with Gasteiger partial charge in [0.1, 0.15) is 11.5 Å². The predicted molar refractivity (Wildman–Crippen MR) is 89.6 cm³/mol. The molecule has 2 N–H and O–H groups in total. The van der Waals surface area contributed by atoms with Crippen molar-refractivity contribution in [2.45, 2.75) is 13.0 Å². The number of phenols is 1. The maximum absolute atomic E-state index is 12.2. The lowest BCUT2D eigenvalue weighted by Gasteiger charge is -2.15. The molecule has 0 aliphatic rings. The van der Waals surface area contributed by atoms with Gasteiger partial charge in [0.2, 0.25) is 0 Å². The summed E-state index contributed by atoms with van der Waals surface area (Å²) in [5.41, 5.74) is 0.607. The van der Waals surface area contributed by atoms with Gasteiger partial charge in [-0.3, -0.25) is 4.79 Å². The minimum absolute atomic E-state index is 0.0328. The molecule has 0 saturated carbocycles. The van der Waals surface area contributed by atoms with Gasteiger partial charge >= 0.3 is 5.97 Å². The molecule has 0 spiro atoms. The quantitative estimate of drug-likeness (QED) is 0.809. The van der Waals surface area contributed by atoms with Crippen LogP contribution in [0.4, 0.5) is 5.69 Å². The van der Waals surface area contributed by atoms with E-state index in [0.717, 1.165) is 0 Å². The molecule has 0 radical (unpaired) electrons. The van der Waals surface area contributed by atoms with Gasteiger partial charge in [-0.1, -0.05) is 11.6 Å². The van der Waals surface area contributed by atoms with E-state index in [0.29, 0.717) is 16.5 Å². The normalized spacial score (nSPS) is 11.5. The third kappa shape index (κ3) is 4.39. The summed E-state index contributed by atoms with van der Waals surface area (Å²) in [6, 6.07) is 10.3. The number of carbonyl (C=O) groups excluding carboxylic acids is 2. The first-order valence-electron chi connectivity index (χ1n) is 7.05. The largest absolute Gasteiger partial charge is 0.508 e. The summed E-state index contributed by atoms with van der Waals surface area (Å²) in [5, 5.41) is 12.2. The van der Waals surface area contributed by atoms with Crippen LogP contribution in [0.5, 0.6) is 11.5 Å². The van der Waals surface area contributed by atoms with Crippen molar-refractivity contribution >= 4 is 29.2 Å². The van der Waals surface area contributed by atoms with Crippen LogP contribution in [-0.4, -0.2) is 30.2 Å². The Bertz CT molecular complexity index is 745. The molecular formula is C17H16ClNO5. The minimum Gasteiger partial charge on any atom is -0.508 e. The number of phenolic OH excluding ortho intramolecular Hbond substituents is 1. The predicted octanol–water partition coefficient (Wildman–Crippen LogP) is 3.24. The van der Waals surface area contributed by atoms with Gasteiger partial charge < -0.3 is 19.9 Å². The topological polar surface area (TPSA) is 84.9 Å². The number of methoxy groups -OCH3 is 1. The van der Waals surface area contributed by atoms with Crippen molar-refractivity contribution in [3.8, 4) is 11.5 Å². The fraction of sp³-hybridized carbons (Fsp3) is 0.176. The molecule has 1 atom stereocenters. The number of benzene rings is 2. The minimum atomic E-state index is -1.03. The SMILES string of the molecule is COc1ccc(Cl)cc1NC(=O)[C@H](C)OC(=O)c1ccc(O)cc1. The standard InChI is InChI=1S/C17H16ClNO5/c1-10(24-17(22)11-3-6-13(20)7-4-11)16(21)19-14-9-12(18)5-8-15(14)23-2/h3-10,20H,1-2H3,(H,19,21)/t10-/m0/s1. The molecule has 0 aliphatic heterocycles. The van der Waals surface area contributed by atoms with Crippen LogP contribution in [0.15, 0.2) is 42.5 Å². The van der Waals surface area contributed by atoms with E-state index in [1.165, 1.54) is 44.4 Å². The summed E-state index contributed by atoms with van der Waals surface area (Å²) in [5.74, 6) is -0.728. The maximum atomic E-state index is 12.2. The van der Waals surface area contributed by atoms with E-state index in [9.17, 15) is 14.7 Å². The smallest absolute Gasteiger partial charge is 0.338 e. The van der Waals surface area contributed by atoms with Crippen LogP contribution >= 0.6 is 11.6 Å². The highest BCUT2D eigenvalue weighted by molar-refractivity contribution is 6.31. The Balaban J connectivity index is 2.03. The molecule has 0 heterocycles. The molecule has 24 heavy (non-hydrogen) atoms. The number of hydrogen-bond donors (Lipinski definition) is 2. The molecule has 2 aromatic carbocycles. The first-order chi connectivity index (χ1) is 11.4. The number of hydrogen-bond acceptors (Lipinski definition) is 5. The van der Waals surface area contributed by atoms with Crippen LogP contribution in [0.1, 0.15) is 17.3 Å². The second-order valence-electron chi connectivity index (χ2n) is 4.93. The molecule has 0 unspecified atom stereocenters. The molecule has 0 aromatic heterocycles. The lowest BCUT2D eigenvalue weighted by Crippen LogP contribution is -2.30. The van der Waals surface area contributed by atoms with Gasteiger partial charge in [-0.15, -0.1) is 0 Å². The maximum Gasteiger partial charge on any atom is 0.338 e. The summed E-state index contributed by atoms with van der Waals surface area (Å²) in [7, 11) is 1.47. The van der Waals surface area contributed by atoms with E-state index in [1.54, 1.807) is 12.1 Å². The van der Waals surface area contributed by atoms with Gasteiger partial charge in [0, 0.05) is 5.02 Å². The van der Waals surface area contributed by atoms with Crippen LogP contribution in [0, 0.1) is 0 Å². The van der Waals surface area contributed by atoms with Gasteiger partial charge in [-0.05, 0) is 49.4 Å². The molecule has 6 nitrogen and oxygen atoms in total. The molecule has 126 valence electrons. The van der Waals surface area contributed by atoms with Crippen molar-refractivity contribution in [1.29, 1.82) is 0 Å². The molecule has 0 fully saturated rings. The third-order valence-electron chi connectivity index (χ3n) is 3.18. The molecule has 1 amide bonds. The second kappa shape index (κ2) is 7.70. The molecule has 0 saturated heterocycles. The highest BCUT2D eigenvalue weighted by atomic mass is 35.5. The van der Waals surface area contributed by atoms with Crippen molar-refractivity contribution < 1.29 is 24.2 Å². The van der Waals surface area contributed by atoms with Crippen molar-refractivity contribution in [3.63, 3.8) is 0 Å². The number of anilines is 1. The monoisotopic (exact) mass is 349 g/mol. The average Bonchev–Trinajstić information content (AvgIpc) is 2.55. The lowest BCUT2D eigenvalue weighted by atomic mass is 10.2. The Morgan fingerprint density at radius 3 is 2.46 bits per heavy atom. The third-order valence-corrected chi connectivity index (χ3v) is 3.41. The fourth-order valence-corrected chi connectivity index (χ4v) is 2.06. The number of aromatic hydroxyl groups is 1. The van der Waals surface area contributed by atoms with Gasteiger partial charge in [-0.2, -0.15) is 0 Å². The summed E-state index contributed by atoms with van der Waals surface area (Å²) in [6.07, 6.45) is -1.03. The number of nitrogens with one attached hydrogen (secondary N) is 1. The Morgan fingerprint density at radius 2 is 1.83 bits per heavy atom. The van der Waals surface area contributed by atoms with Gasteiger partial charge in [0.05, 0.1) is 18.4 Å². The lowest BCUT2D eigenvalue weighted by molar-refractivity contribution is -0.123. The van der Waals surface area contributed by atoms with E-state index >= 15 is 0 Å². The van der Waals surface area contributed by atoms with Crippen LogP contribution < -0.4 is 10.1 Å². The van der Waals surface area contributed by atoms with Crippen LogP contribution in [0.3, 0.4) is 0 Å². The van der Waals surface area contributed by atoms with Crippen molar-refractivity contribution in [1.82, 2.24) is 0 Å². The molecule has 7 heteroatoms. The van der Waals surface area contributed by atoms with Gasteiger partial charge in [0.25, 0.3) is 5.91 Å². The van der Waals surface area contributed by atoms with E-state index in [4.69, 9.17) is 21.1 Å². The molecule has 0 aliphatic carbocycles. The fourth-order valence-electron chi connectivity index (χ4n) is 1.89. The highest BCUT2D eigenvalue weighted by Crippen LogP contribution is 2.27. The van der Waals surface area contributed by atoms with E-state index in [-0.39, 0.29) is 11.3 Å². The number of amides is 1. The highest BCUT2D eigenvalue weighted by Gasteiger charge is 2.20. The van der Waals surface area contributed by atoms with Crippen molar-refractivity contribution in [2.75, 3.05) is 12.4 Å².